The van der Waals surface area contributed by atoms with Crippen LogP contribution in [0.15, 0.2) is 48.5 Å². The van der Waals surface area contributed by atoms with E-state index >= 15 is 0 Å². The molecule has 140 valence electrons. The largest absolute Gasteiger partial charge is 0.495 e. The molecule has 2 aromatic rings. The molecule has 0 bridgehead atoms. The smallest absolute Gasteiger partial charge is 0.419 e. The van der Waals surface area contributed by atoms with Gasteiger partial charge in [0.15, 0.2) is 0 Å². The number of amides is 2. The zero-order valence-corrected chi connectivity index (χ0v) is 15.0. The molecule has 0 saturated heterocycles. The lowest BCUT2D eigenvalue weighted by atomic mass is 10.2. The second-order valence-electron chi connectivity index (χ2n) is 5.24. The Morgan fingerprint density at radius 1 is 1.15 bits per heavy atom. The molecule has 0 fully saturated rings. The van der Waals surface area contributed by atoms with Crippen LogP contribution in [-0.2, 0) is 4.74 Å². The van der Waals surface area contributed by atoms with E-state index in [1.54, 1.807) is 42.5 Å². The van der Waals surface area contributed by atoms with Gasteiger partial charge >= 0.3 is 12.2 Å². The van der Waals surface area contributed by atoms with Crippen LogP contribution in [0.1, 0.15) is 6.42 Å². The SMILES string of the molecule is COC(=O)Nc1cccc(OC(=O)N(CCC#N)c2ccccc2OC)c1. The van der Waals surface area contributed by atoms with Gasteiger partial charge in [0.05, 0.1) is 32.4 Å². The van der Waals surface area contributed by atoms with Gasteiger partial charge in [-0.1, -0.05) is 18.2 Å². The minimum absolute atomic E-state index is 0.122. The molecule has 0 spiro atoms. The molecule has 1 N–H and O–H groups in total. The molecule has 0 heterocycles. The summed E-state index contributed by atoms with van der Waals surface area (Å²) in [4.78, 5) is 25.3. The van der Waals surface area contributed by atoms with Crippen molar-refractivity contribution in [3.05, 3.63) is 48.5 Å². The number of nitrogens with one attached hydrogen (secondary N) is 1. The number of anilines is 2. The molecule has 2 aromatic carbocycles. The van der Waals surface area contributed by atoms with Crippen LogP contribution in [0.3, 0.4) is 0 Å². The van der Waals surface area contributed by atoms with E-state index in [0.29, 0.717) is 17.1 Å². The highest BCUT2D eigenvalue weighted by atomic mass is 16.6. The highest BCUT2D eigenvalue weighted by Gasteiger charge is 2.21. The summed E-state index contributed by atoms with van der Waals surface area (Å²) in [5.41, 5.74) is 0.900. The average molecular weight is 369 g/mol. The number of carbonyl (C=O) groups is 2. The summed E-state index contributed by atoms with van der Waals surface area (Å²) in [6.45, 7) is 0.135. The van der Waals surface area contributed by atoms with Crippen molar-refractivity contribution in [2.45, 2.75) is 6.42 Å². The lowest BCUT2D eigenvalue weighted by Crippen LogP contribution is -2.34. The highest BCUT2D eigenvalue weighted by molar-refractivity contribution is 5.91. The van der Waals surface area contributed by atoms with E-state index in [9.17, 15) is 9.59 Å². The number of para-hydroxylation sites is 2. The van der Waals surface area contributed by atoms with Gasteiger partial charge in [-0.3, -0.25) is 10.2 Å². The van der Waals surface area contributed by atoms with Crippen molar-refractivity contribution in [3.63, 3.8) is 0 Å². The molecule has 0 aliphatic heterocycles. The van der Waals surface area contributed by atoms with Crippen LogP contribution < -0.4 is 19.7 Å². The van der Waals surface area contributed by atoms with Crippen molar-refractivity contribution in [2.24, 2.45) is 0 Å². The van der Waals surface area contributed by atoms with E-state index in [2.05, 4.69) is 10.1 Å². The van der Waals surface area contributed by atoms with E-state index in [0.717, 1.165) is 0 Å². The molecule has 27 heavy (non-hydrogen) atoms. The fraction of sp³-hybridized carbons (Fsp3) is 0.211. The van der Waals surface area contributed by atoms with Gasteiger partial charge in [-0.2, -0.15) is 5.26 Å². The Labute approximate surface area is 156 Å². The minimum Gasteiger partial charge on any atom is -0.495 e. The number of benzene rings is 2. The first kappa shape index (κ1) is 19.6. The van der Waals surface area contributed by atoms with Crippen LogP contribution in [0.2, 0.25) is 0 Å². The summed E-state index contributed by atoms with van der Waals surface area (Å²) in [5.74, 6) is 0.708. The number of hydrogen-bond acceptors (Lipinski definition) is 6. The van der Waals surface area contributed by atoms with Crippen LogP contribution in [0, 0.1) is 11.3 Å². The molecule has 0 aliphatic carbocycles. The fourth-order valence-corrected chi connectivity index (χ4v) is 2.29. The van der Waals surface area contributed by atoms with Crippen LogP contribution in [0.4, 0.5) is 21.0 Å². The third-order valence-electron chi connectivity index (χ3n) is 3.51. The van der Waals surface area contributed by atoms with Gasteiger partial charge in [0.2, 0.25) is 0 Å². The lowest BCUT2D eigenvalue weighted by molar-refractivity contribution is 0.187. The molecule has 0 aromatic heterocycles. The molecule has 0 atom stereocenters. The van der Waals surface area contributed by atoms with Gasteiger partial charge in [0, 0.05) is 18.3 Å². The summed E-state index contributed by atoms with van der Waals surface area (Å²) in [6, 6.07) is 15.3. The van der Waals surface area contributed by atoms with Gasteiger partial charge in [0.1, 0.15) is 11.5 Å². The number of nitrogens with zero attached hydrogens (tertiary/aromatic N) is 2. The number of ether oxygens (including phenoxy) is 3. The van der Waals surface area contributed by atoms with Crippen molar-refractivity contribution in [1.29, 1.82) is 5.26 Å². The maximum Gasteiger partial charge on any atom is 0.419 e. The first-order valence-corrected chi connectivity index (χ1v) is 8.03. The number of rotatable bonds is 6. The molecular weight excluding hydrogens is 350 g/mol. The van der Waals surface area contributed by atoms with Gasteiger partial charge in [-0.25, -0.2) is 9.59 Å². The molecule has 2 amide bonds. The van der Waals surface area contributed by atoms with Crippen molar-refractivity contribution in [2.75, 3.05) is 31.0 Å². The Morgan fingerprint density at radius 3 is 2.63 bits per heavy atom. The number of carbonyl (C=O) groups excluding carboxylic acids is 2. The van der Waals surface area contributed by atoms with Crippen molar-refractivity contribution in [1.82, 2.24) is 0 Å². The highest BCUT2D eigenvalue weighted by Crippen LogP contribution is 2.29. The number of hydrogen-bond donors (Lipinski definition) is 1. The van der Waals surface area contributed by atoms with E-state index in [1.165, 1.54) is 25.2 Å². The van der Waals surface area contributed by atoms with Crippen LogP contribution in [0.25, 0.3) is 0 Å². The first-order valence-electron chi connectivity index (χ1n) is 8.03. The Bertz CT molecular complexity index is 847. The van der Waals surface area contributed by atoms with E-state index in [-0.39, 0.29) is 18.7 Å². The van der Waals surface area contributed by atoms with E-state index in [4.69, 9.17) is 14.7 Å². The summed E-state index contributed by atoms with van der Waals surface area (Å²) in [6.07, 6.45) is -1.19. The predicted molar refractivity (Wildman–Crippen MR) is 99.1 cm³/mol. The van der Waals surface area contributed by atoms with Gasteiger partial charge in [-0.15, -0.1) is 0 Å². The second-order valence-corrected chi connectivity index (χ2v) is 5.24. The third-order valence-corrected chi connectivity index (χ3v) is 3.51. The zero-order valence-electron chi connectivity index (χ0n) is 15.0. The standard InChI is InChI=1S/C19H19N3O5/c1-25-17-10-4-3-9-16(17)22(12-6-11-20)19(24)27-15-8-5-7-14(13-15)21-18(23)26-2/h3-5,7-10,13H,6,12H2,1-2H3,(H,21,23). The maximum atomic E-state index is 12.7. The normalized spacial score (nSPS) is 9.67. The van der Waals surface area contributed by atoms with Gasteiger partial charge in [-0.05, 0) is 24.3 Å². The van der Waals surface area contributed by atoms with Crippen molar-refractivity contribution < 1.29 is 23.8 Å². The third kappa shape index (κ3) is 5.37. The number of methoxy groups -OCH3 is 2. The van der Waals surface area contributed by atoms with Crippen molar-refractivity contribution in [3.8, 4) is 17.6 Å². The molecule has 0 aliphatic rings. The van der Waals surface area contributed by atoms with E-state index < -0.39 is 12.2 Å². The molecule has 0 unspecified atom stereocenters. The topological polar surface area (TPSA) is 101 Å². The van der Waals surface area contributed by atoms with Crippen molar-refractivity contribution >= 4 is 23.6 Å². The maximum absolute atomic E-state index is 12.7. The average Bonchev–Trinajstić information content (AvgIpc) is 2.68. The van der Waals surface area contributed by atoms with Gasteiger partial charge in [0.25, 0.3) is 0 Å². The summed E-state index contributed by atoms with van der Waals surface area (Å²) in [5, 5.41) is 11.4. The first-order chi connectivity index (χ1) is 13.1. The molecule has 2 rings (SSSR count). The Balaban J connectivity index is 2.22. The Kier molecular flexibility index (Phi) is 7.02. The number of nitriles is 1. The zero-order chi connectivity index (χ0) is 19.6. The second kappa shape index (κ2) is 9.68. The lowest BCUT2D eigenvalue weighted by Gasteiger charge is -2.23. The molecule has 0 radical (unpaired) electrons. The Hall–Kier alpha value is -3.73. The molecule has 8 nitrogen and oxygen atoms in total. The summed E-state index contributed by atoms with van der Waals surface area (Å²) >= 11 is 0. The van der Waals surface area contributed by atoms with E-state index in [1.807, 2.05) is 6.07 Å². The Morgan fingerprint density at radius 2 is 1.93 bits per heavy atom. The minimum atomic E-state index is -0.676. The quantitative estimate of drug-likeness (QED) is 0.831. The van der Waals surface area contributed by atoms with Crippen LogP contribution >= 0.6 is 0 Å². The fourth-order valence-electron chi connectivity index (χ4n) is 2.29. The monoisotopic (exact) mass is 369 g/mol. The van der Waals surface area contributed by atoms with Crippen LogP contribution in [-0.4, -0.2) is 33.0 Å². The molecular formula is C19H19N3O5. The molecule has 0 saturated carbocycles. The van der Waals surface area contributed by atoms with Crippen LogP contribution in [0.5, 0.6) is 11.5 Å². The molecule has 8 heteroatoms. The predicted octanol–water partition coefficient (Wildman–Crippen LogP) is 3.79. The summed E-state index contributed by atoms with van der Waals surface area (Å²) in [7, 11) is 2.74. The summed E-state index contributed by atoms with van der Waals surface area (Å²) < 4.78 is 15.2. The van der Waals surface area contributed by atoms with Gasteiger partial charge < -0.3 is 14.2 Å².